The van der Waals surface area contributed by atoms with Crippen LogP contribution in [0.15, 0.2) is 23.6 Å². The van der Waals surface area contributed by atoms with Crippen LogP contribution in [0.4, 0.5) is 0 Å². The highest BCUT2D eigenvalue weighted by Crippen LogP contribution is 2.15. The van der Waals surface area contributed by atoms with E-state index >= 15 is 0 Å². The molecule has 1 aromatic heterocycles. The molecule has 1 atom stereocenters. The number of rotatable bonds is 2. The Morgan fingerprint density at radius 2 is 1.94 bits per heavy atom. The van der Waals surface area contributed by atoms with Crippen molar-refractivity contribution in [2.75, 3.05) is 5.75 Å². The average molecular weight is 307 g/mol. The molecule has 96 valence electrons. The second kappa shape index (κ2) is 4.87. The Bertz CT molecular complexity index is 608. The lowest BCUT2D eigenvalue weighted by molar-refractivity contribution is 0.0947. The van der Waals surface area contributed by atoms with Gasteiger partial charge in [0.05, 0.1) is 11.8 Å². The van der Waals surface area contributed by atoms with Gasteiger partial charge in [0.25, 0.3) is 5.91 Å². The fourth-order valence-electron chi connectivity index (χ4n) is 1.51. The highest BCUT2D eigenvalue weighted by molar-refractivity contribution is 7.94. The van der Waals surface area contributed by atoms with Crippen molar-refractivity contribution in [3.05, 3.63) is 39.5 Å². The number of sulfone groups is 1. The van der Waals surface area contributed by atoms with E-state index in [-0.39, 0.29) is 21.6 Å². The van der Waals surface area contributed by atoms with Crippen molar-refractivity contribution in [2.45, 2.75) is 6.04 Å². The number of amides is 1. The SMILES string of the molecule is O=C(NC1C=CS(=O)(=O)C1)c1cc(Cl)nc(Cl)c1. The number of hydrogen-bond acceptors (Lipinski definition) is 4. The van der Waals surface area contributed by atoms with Crippen molar-refractivity contribution < 1.29 is 13.2 Å². The van der Waals surface area contributed by atoms with Gasteiger partial charge in [0, 0.05) is 11.0 Å². The normalized spacial score (nSPS) is 20.9. The first-order chi connectivity index (χ1) is 8.35. The Kier molecular flexibility index (Phi) is 3.61. The lowest BCUT2D eigenvalue weighted by Gasteiger charge is -2.10. The number of carbonyl (C=O) groups excluding carboxylic acids is 1. The first-order valence-corrected chi connectivity index (χ1v) is 7.38. The maximum absolute atomic E-state index is 11.8. The fraction of sp³-hybridized carbons (Fsp3) is 0.200. The van der Waals surface area contributed by atoms with Gasteiger partial charge in [-0.3, -0.25) is 4.79 Å². The van der Waals surface area contributed by atoms with Crippen LogP contribution >= 0.6 is 23.2 Å². The number of pyridine rings is 1. The Balaban J connectivity index is 2.11. The van der Waals surface area contributed by atoms with E-state index in [0.29, 0.717) is 0 Å². The topological polar surface area (TPSA) is 76.1 Å². The van der Waals surface area contributed by atoms with Gasteiger partial charge < -0.3 is 5.32 Å². The summed E-state index contributed by atoms with van der Waals surface area (Å²) < 4.78 is 22.4. The van der Waals surface area contributed by atoms with Gasteiger partial charge in [-0.15, -0.1) is 0 Å². The van der Waals surface area contributed by atoms with Crippen LogP contribution < -0.4 is 5.32 Å². The van der Waals surface area contributed by atoms with Gasteiger partial charge in [-0.1, -0.05) is 23.2 Å². The van der Waals surface area contributed by atoms with E-state index in [1.54, 1.807) is 0 Å². The summed E-state index contributed by atoms with van der Waals surface area (Å²) in [6, 6.07) is 2.18. The van der Waals surface area contributed by atoms with E-state index in [4.69, 9.17) is 23.2 Å². The number of nitrogens with zero attached hydrogens (tertiary/aromatic N) is 1. The van der Waals surface area contributed by atoms with Crippen LogP contribution in [0.3, 0.4) is 0 Å². The van der Waals surface area contributed by atoms with Gasteiger partial charge in [-0.25, -0.2) is 13.4 Å². The molecule has 18 heavy (non-hydrogen) atoms. The van der Waals surface area contributed by atoms with Gasteiger partial charge in [-0.2, -0.15) is 0 Å². The van der Waals surface area contributed by atoms with Crippen molar-refractivity contribution in [3.63, 3.8) is 0 Å². The molecule has 2 heterocycles. The highest BCUT2D eigenvalue weighted by Gasteiger charge is 2.23. The van der Waals surface area contributed by atoms with Crippen LogP contribution in [0.2, 0.25) is 10.3 Å². The molecule has 0 bridgehead atoms. The monoisotopic (exact) mass is 306 g/mol. The Hall–Kier alpha value is -1.11. The molecule has 2 rings (SSSR count). The zero-order chi connectivity index (χ0) is 13.3. The van der Waals surface area contributed by atoms with Crippen LogP contribution in [-0.2, 0) is 9.84 Å². The molecule has 8 heteroatoms. The number of aromatic nitrogens is 1. The minimum absolute atomic E-state index is 0.0993. The fourth-order valence-corrected chi connectivity index (χ4v) is 3.21. The van der Waals surface area contributed by atoms with E-state index < -0.39 is 21.8 Å². The van der Waals surface area contributed by atoms with Crippen molar-refractivity contribution in [2.24, 2.45) is 0 Å². The number of nitrogens with one attached hydrogen (secondary N) is 1. The molecule has 1 amide bonds. The number of carbonyl (C=O) groups is 1. The third-order valence-electron chi connectivity index (χ3n) is 2.27. The molecule has 0 aromatic carbocycles. The molecule has 5 nitrogen and oxygen atoms in total. The van der Waals surface area contributed by atoms with E-state index in [0.717, 1.165) is 5.41 Å². The predicted molar refractivity (Wildman–Crippen MR) is 68.4 cm³/mol. The second-order valence-corrected chi connectivity index (χ2v) is 6.44. The summed E-state index contributed by atoms with van der Waals surface area (Å²) in [5.41, 5.74) is 0.234. The van der Waals surface area contributed by atoms with Gasteiger partial charge in [0.15, 0.2) is 9.84 Å². The van der Waals surface area contributed by atoms with Gasteiger partial charge in [-0.05, 0) is 18.2 Å². The Morgan fingerprint density at radius 1 is 1.33 bits per heavy atom. The summed E-state index contributed by atoms with van der Waals surface area (Å²) >= 11 is 11.3. The van der Waals surface area contributed by atoms with Crippen LogP contribution in [0.1, 0.15) is 10.4 Å². The van der Waals surface area contributed by atoms with Crippen molar-refractivity contribution in [3.8, 4) is 0 Å². The van der Waals surface area contributed by atoms with E-state index in [2.05, 4.69) is 10.3 Å². The maximum atomic E-state index is 11.8. The molecule has 0 saturated carbocycles. The van der Waals surface area contributed by atoms with Crippen LogP contribution in [0.25, 0.3) is 0 Å². The molecule has 0 fully saturated rings. The predicted octanol–water partition coefficient (Wildman–Crippen LogP) is 1.43. The van der Waals surface area contributed by atoms with Gasteiger partial charge >= 0.3 is 0 Å². The lowest BCUT2D eigenvalue weighted by Crippen LogP contribution is -2.35. The number of halogens is 2. The third kappa shape index (κ3) is 3.22. The largest absolute Gasteiger partial charge is 0.345 e. The first kappa shape index (κ1) is 13.3. The summed E-state index contributed by atoms with van der Waals surface area (Å²) in [5.74, 6) is -0.585. The lowest BCUT2D eigenvalue weighted by atomic mass is 10.2. The van der Waals surface area contributed by atoms with Crippen molar-refractivity contribution >= 4 is 38.9 Å². The molecular formula is C10H8Cl2N2O3S. The molecule has 0 aliphatic carbocycles. The third-order valence-corrected chi connectivity index (χ3v) is 4.05. The minimum Gasteiger partial charge on any atom is -0.345 e. The summed E-state index contributed by atoms with van der Waals surface area (Å²) in [7, 11) is -3.20. The van der Waals surface area contributed by atoms with E-state index in [1.165, 1.54) is 18.2 Å². The smallest absolute Gasteiger partial charge is 0.251 e. The summed E-state index contributed by atoms with van der Waals surface area (Å²) in [5, 5.41) is 3.84. The van der Waals surface area contributed by atoms with Gasteiger partial charge in [0.2, 0.25) is 0 Å². The second-order valence-electron chi connectivity index (χ2n) is 3.74. The molecule has 1 unspecified atom stereocenters. The molecule has 1 aromatic rings. The molecular weight excluding hydrogens is 299 g/mol. The molecule has 1 aliphatic rings. The molecule has 0 radical (unpaired) electrons. The zero-order valence-electron chi connectivity index (χ0n) is 8.93. The molecule has 0 spiro atoms. The highest BCUT2D eigenvalue weighted by atomic mass is 35.5. The molecule has 0 saturated heterocycles. The summed E-state index contributed by atoms with van der Waals surface area (Å²) in [6.45, 7) is 0. The van der Waals surface area contributed by atoms with Crippen LogP contribution in [0.5, 0.6) is 0 Å². The Labute approximate surface area is 114 Å². The summed E-state index contributed by atoms with van der Waals surface area (Å²) in [6.07, 6.45) is 1.43. The maximum Gasteiger partial charge on any atom is 0.251 e. The molecule has 1 aliphatic heterocycles. The van der Waals surface area contributed by atoms with E-state index in [1.807, 2.05) is 0 Å². The first-order valence-electron chi connectivity index (χ1n) is 4.91. The van der Waals surface area contributed by atoms with Crippen LogP contribution in [0, 0.1) is 0 Å². The average Bonchev–Trinajstić information content (AvgIpc) is 2.56. The van der Waals surface area contributed by atoms with Gasteiger partial charge in [0.1, 0.15) is 10.3 Å². The van der Waals surface area contributed by atoms with Crippen molar-refractivity contribution in [1.82, 2.24) is 10.3 Å². The van der Waals surface area contributed by atoms with Crippen LogP contribution in [-0.4, -0.2) is 31.1 Å². The van der Waals surface area contributed by atoms with Crippen molar-refractivity contribution in [1.29, 1.82) is 0 Å². The Morgan fingerprint density at radius 3 is 2.44 bits per heavy atom. The molecule has 1 N–H and O–H groups in total. The minimum atomic E-state index is -3.20. The quantitative estimate of drug-likeness (QED) is 0.839. The number of hydrogen-bond donors (Lipinski definition) is 1. The standard InChI is InChI=1S/C10H8Cl2N2O3S/c11-8-3-6(4-9(12)14-8)10(15)13-7-1-2-18(16,17)5-7/h1-4,7H,5H2,(H,13,15). The van der Waals surface area contributed by atoms with E-state index in [9.17, 15) is 13.2 Å². The zero-order valence-corrected chi connectivity index (χ0v) is 11.3. The summed E-state index contributed by atoms with van der Waals surface area (Å²) in [4.78, 5) is 15.5.